The van der Waals surface area contributed by atoms with Crippen LogP contribution in [0.15, 0.2) is 12.1 Å². The maximum absolute atomic E-state index is 4.31. The monoisotopic (exact) mass is 223 g/mol. The van der Waals surface area contributed by atoms with Gasteiger partial charge in [0, 0.05) is 6.04 Å². The van der Waals surface area contributed by atoms with E-state index in [0.29, 0.717) is 6.04 Å². The summed E-state index contributed by atoms with van der Waals surface area (Å²) in [4.78, 5) is 0. The summed E-state index contributed by atoms with van der Waals surface area (Å²) in [6.45, 7) is 6.53. The van der Waals surface area contributed by atoms with E-state index >= 15 is 0 Å². The zero-order valence-electron chi connectivity index (χ0n) is 10.1. The molecule has 15 heavy (non-hydrogen) atoms. The molecule has 1 aromatic rings. The fourth-order valence-corrected chi connectivity index (χ4v) is 2.56. The van der Waals surface area contributed by atoms with Crippen LogP contribution in [0.5, 0.6) is 0 Å². The van der Waals surface area contributed by atoms with Gasteiger partial charge in [0.05, 0.1) is 0 Å². The molecule has 0 saturated carbocycles. The summed E-state index contributed by atoms with van der Waals surface area (Å²) in [5, 5.41) is 3.37. The van der Waals surface area contributed by atoms with Crippen molar-refractivity contribution in [3.63, 3.8) is 0 Å². The second-order valence-corrected chi connectivity index (χ2v) is 4.61. The van der Waals surface area contributed by atoms with E-state index in [-0.39, 0.29) is 0 Å². The van der Waals surface area contributed by atoms with Crippen LogP contribution in [-0.4, -0.2) is 12.8 Å². The largest absolute Gasteiger partial charge is 0.313 e. The molecule has 1 rings (SSSR count). The highest BCUT2D eigenvalue weighted by Crippen LogP contribution is 2.25. The molecule has 84 valence electrons. The molecule has 2 heteroatoms. The van der Waals surface area contributed by atoms with Gasteiger partial charge in [0.25, 0.3) is 0 Å². The standard InChI is InChI=1S/C13H21NS/c1-9-7-10(2)13(11(3)8-9)12(14-4)5-6-15/h7-8,12,14-15H,5-6H2,1-4H3. The topological polar surface area (TPSA) is 12.0 Å². The summed E-state index contributed by atoms with van der Waals surface area (Å²) >= 11 is 4.31. The van der Waals surface area contributed by atoms with Crippen LogP contribution in [0.1, 0.15) is 34.7 Å². The Kier molecular flexibility index (Phi) is 4.68. The van der Waals surface area contributed by atoms with Gasteiger partial charge in [0.1, 0.15) is 0 Å². The molecule has 0 spiro atoms. The first-order valence-electron chi connectivity index (χ1n) is 5.46. The smallest absolute Gasteiger partial charge is 0.0330 e. The molecular formula is C13H21NS. The Morgan fingerprint density at radius 1 is 1.20 bits per heavy atom. The van der Waals surface area contributed by atoms with Crippen molar-refractivity contribution < 1.29 is 0 Å². The average Bonchev–Trinajstić information content (AvgIpc) is 2.14. The van der Waals surface area contributed by atoms with E-state index in [2.05, 4.69) is 50.8 Å². The lowest BCUT2D eigenvalue weighted by molar-refractivity contribution is 0.575. The van der Waals surface area contributed by atoms with E-state index in [9.17, 15) is 0 Å². The van der Waals surface area contributed by atoms with Crippen molar-refractivity contribution in [1.82, 2.24) is 5.32 Å². The third-order valence-electron chi connectivity index (χ3n) is 2.85. The average molecular weight is 223 g/mol. The van der Waals surface area contributed by atoms with E-state index in [4.69, 9.17) is 0 Å². The van der Waals surface area contributed by atoms with Gasteiger partial charge in [-0.15, -0.1) is 0 Å². The van der Waals surface area contributed by atoms with Crippen molar-refractivity contribution in [1.29, 1.82) is 0 Å². The number of benzene rings is 1. The van der Waals surface area contributed by atoms with Crippen LogP contribution >= 0.6 is 12.6 Å². The van der Waals surface area contributed by atoms with Crippen molar-refractivity contribution >= 4 is 12.6 Å². The zero-order chi connectivity index (χ0) is 11.4. The second-order valence-electron chi connectivity index (χ2n) is 4.17. The van der Waals surface area contributed by atoms with Gasteiger partial charge in [-0.25, -0.2) is 0 Å². The first kappa shape index (κ1) is 12.6. The van der Waals surface area contributed by atoms with Crippen LogP contribution in [0.2, 0.25) is 0 Å². The summed E-state index contributed by atoms with van der Waals surface area (Å²) in [6, 6.07) is 4.94. The molecule has 0 heterocycles. The van der Waals surface area contributed by atoms with Crippen LogP contribution < -0.4 is 5.32 Å². The number of hydrogen-bond acceptors (Lipinski definition) is 2. The fraction of sp³-hybridized carbons (Fsp3) is 0.538. The highest BCUT2D eigenvalue weighted by atomic mass is 32.1. The molecule has 0 fully saturated rings. The highest BCUT2D eigenvalue weighted by Gasteiger charge is 2.13. The molecule has 0 saturated heterocycles. The predicted molar refractivity (Wildman–Crippen MR) is 70.9 cm³/mol. The first-order valence-corrected chi connectivity index (χ1v) is 6.09. The summed E-state index contributed by atoms with van der Waals surface area (Å²) in [7, 11) is 2.02. The van der Waals surface area contributed by atoms with Gasteiger partial charge in [0.15, 0.2) is 0 Å². The van der Waals surface area contributed by atoms with Crippen molar-refractivity contribution in [2.45, 2.75) is 33.2 Å². The lowest BCUT2D eigenvalue weighted by Crippen LogP contribution is -2.19. The van der Waals surface area contributed by atoms with Crippen LogP contribution in [0.25, 0.3) is 0 Å². The summed E-state index contributed by atoms with van der Waals surface area (Å²) < 4.78 is 0. The van der Waals surface area contributed by atoms with Gasteiger partial charge >= 0.3 is 0 Å². The fourth-order valence-electron chi connectivity index (χ4n) is 2.30. The Bertz CT molecular complexity index is 310. The molecule has 0 aliphatic carbocycles. The van der Waals surface area contributed by atoms with Crippen LogP contribution in [0.3, 0.4) is 0 Å². The predicted octanol–water partition coefficient (Wildman–Crippen LogP) is 3.19. The Morgan fingerprint density at radius 3 is 2.13 bits per heavy atom. The number of nitrogens with one attached hydrogen (secondary N) is 1. The van der Waals surface area contributed by atoms with E-state index < -0.39 is 0 Å². The molecule has 0 bridgehead atoms. The minimum Gasteiger partial charge on any atom is -0.313 e. The van der Waals surface area contributed by atoms with E-state index in [1.807, 2.05) is 7.05 Å². The molecule has 0 aliphatic rings. The second kappa shape index (κ2) is 5.57. The Morgan fingerprint density at radius 2 is 1.73 bits per heavy atom. The Labute approximate surface area is 98.7 Å². The minimum absolute atomic E-state index is 0.433. The molecule has 1 nitrogen and oxygen atoms in total. The van der Waals surface area contributed by atoms with E-state index in [1.54, 1.807) is 0 Å². The van der Waals surface area contributed by atoms with Gasteiger partial charge in [0.2, 0.25) is 0 Å². The molecule has 0 radical (unpaired) electrons. The molecule has 0 aliphatic heterocycles. The van der Waals surface area contributed by atoms with Crippen molar-refractivity contribution in [2.75, 3.05) is 12.8 Å². The van der Waals surface area contributed by atoms with Crippen molar-refractivity contribution in [2.24, 2.45) is 0 Å². The molecule has 0 amide bonds. The Hall–Kier alpha value is -0.470. The third-order valence-corrected chi connectivity index (χ3v) is 3.11. The maximum atomic E-state index is 4.31. The van der Waals surface area contributed by atoms with E-state index in [0.717, 1.165) is 12.2 Å². The molecule has 1 aromatic carbocycles. The van der Waals surface area contributed by atoms with Gasteiger partial charge in [-0.05, 0) is 56.7 Å². The van der Waals surface area contributed by atoms with Crippen LogP contribution in [-0.2, 0) is 0 Å². The lowest BCUT2D eigenvalue weighted by Gasteiger charge is -2.21. The molecule has 0 aromatic heterocycles. The normalized spacial score (nSPS) is 12.9. The van der Waals surface area contributed by atoms with Crippen LogP contribution in [0, 0.1) is 20.8 Å². The van der Waals surface area contributed by atoms with Crippen LogP contribution in [0.4, 0.5) is 0 Å². The number of aryl methyl sites for hydroxylation is 3. The Balaban J connectivity index is 3.11. The van der Waals surface area contributed by atoms with Crippen molar-refractivity contribution in [3.8, 4) is 0 Å². The minimum atomic E-state index is 0.433. The quantitative estimate of drug-likeness (QED) is 0.747. The maximum Gasteiger partial charge on any atom is 0.0330 e. The molecule has 1 N–H and O–H groups in total. The van der Waals surface area contributed by atoms with Crippen molar-refractivity contribution in [3.05, 3.63) is 34.4 Å². The highest BCUT2D eigenvalue weighted by molar-refractivity contribution is 7.80. The van der Waals surface area contributed by atoms with Gasteiger partial charge in [-0.3, -0.25) is 0 Å². The summed E-state index contributed by atoms with van der Waals surface area (Å²) in [5.74, 6) is 0.915. The SMILES string of the molecule is CNC(CCS)c1c(C)cc(C)cc1C. The van der Waals surface area contributed by atoms with Gasteiger partial charge < -0.3 is 5.32 Å². The first-order chi connectivity index (χ1) is 7.10. The summed E-state index contributed by atoms with van der Waals surface area (Å²) in [6.07, 6.45) is 1.07. The number of thiol groups is 1. The molecule has 1 unspecified atom stereocenters. The third kappa shape index (κ3) is 2.99. The lowest BCUT2D eigenvalue weighted by atomic mass is 9.93. The van der Waals surface area contributed by atoms with Gasteiger partial charge in [-0.1, -0.05) is 17.7 Å². The molecular weight excluding hydrogens is 202 g/mol. The zero-order valence-corrected chi connectivity index (χ0v) is 11.0. The number of hydrogen-bond donors (Lipinski definition) is 2. The molecule has 1 atom stereocenters. The summed E-state index contributed by atoms with van der Waals surface area (Å²) in [5.41, 5.74) is 5.55. The van der Waals surface area contributed by atoms with E-state index in [1.165, 1.54) is 22.3 Å². The number of rotatable bonds is 4. The van der Waals surface area contributed by atoms with Gasteiger partial charge in [-0.2, -0.15) is 12.6 Å².